The lowest BCUT2D eigenvalue weighted by atomic mass is 9.90. The van der Waals surface area contributed by atoms with Gasteiger partial charge >= 0.3 is 0 Å². The van der Waals surface area contributed by atoms with Crippen LogP contribution in [0.15, 0.2) is 41.8 Å². The van der Waals surface area contributed by atoms with E-state index in [4.69, 9.17) is 4.74 Å². The summed E-state index contributed by atoms with van der Waals surface area (Å²) in [6, 6.07) is 11.3. The molecule has 2 N–H and O–H groups in total. The van der Waals surface area contributed by atoms with Crippen molar-refractivity contribution in [2.75, 3.05) is 13.7 Å². The highest BCUT2D eigenvalue weighted by molar-refractivity contribution is 7.10. The summed E-state index contributed by atoms with van der Waals surface area (Å²) >= 11 is 1.53. The van der Waals surface area contributed by atoms with Crippen molar-refractivity contribution >= 4 is 23.2 Å². The average molecular weight is 346 g/mol. The maximum atomic E-state index is 12.3. The maximum absolute atomic E-state index is 12.3. The van der Waals surface area contributed by atoms with Gasteiger partial charge in [0.2, 0.25) is 11.8 Å². The molecule has 0 saturated heterocycles. The summed E-state index contributed by atoms with van der Waals surface area (Å²) in [5.74, 6) is 0.388. The molecular formula is C18H22N2O3S. The number of nitrogens with one attached hydrogen (secondary N) is 2. The molecule has 2 aromatic rings. The molecule has 0 aliphatic carbocycles. The van der Waals surface area contributed by atoms with Crippen LogP contribution in [-0.4, -0.2) is 25.5 Å². The number of hydrogen-bond acceptors (Lipinski definition) is 4. The zero-order valence-electron chi connectivity index (χ0n) is 14.1. The van der Waals surface area contributed by atoms with Gasteiger partial charge < -0.3 is 15.4 Å². The topological polar surface area (TPSA) is 67.4 Å². The summed E-state index contributed by atoms with van der Waals surface area (Å²) in [5, 5.41) is 7.42. The second-order valence-electron chi connectivity index (χ2n) is 5.91. The molecule has 0 aliphatic heterocycles. The number of benzene rings is 1. The third-order valence-corrected chi connectivity index (χ3v) is 4.96. The quantitative estimate of drug-likeness (QED) is 0.809. The fraction of sp³-hybridized carbons (Fsp3) is 0.333. The molecule has 0 spiro atoms. The van der Waals surface area contributed by atoms with E-state index in [-0.39, 0.29) is 18.4 Å². The summed E-state index contributed by atoms with van der Waals surface area (Å²) < 4.78 is 5.09. The predicted molar refractivity (Wildman–Crippen MR) is 95.2 cm³/mol. The number of carbonyl (C=O) groups excluding carboxylic acids is 2. The second-order valence-corrected chi connectivity index (χ2v) is 6.86. The minimum absolute atomic E-state index is 0.0379. The molecule has 6 heteroatoms. The van der Waals surface area contributed by atoms with Crippen LogP contribution in [0.25, 0.3) is 0 Å². The number of hydrogen-bond donors (Lipinski definition) is 2. The van der Waals surface area contributed by atoms with Crippen LogP contribution in [0.3, 0.4) is 0 Å². The molecule has 2 rings (SSSR count). The zero-order valence-corrected chi connectivity index (χ0v) is 14.9. The van der Waals surface area contributed by atoms with Gasteiger partial charge in [0.05, 0.1) is 19.1 Å². The second kappa shape index (κ2) is 7.97. The molecule has 0 atom stereocenters. The van der Waals surface area contributed by atoms with E-state index in [2.05, 4.69) is 10.6 Å². The highest BCUT2D eigenvalue weighted by Gasteiger charge is 2.30. The third kappa shape index (κ3) is 4.58. The predicted octanol–water partition coefficient (Wildman–Crippen LogP) is 2.47. The molecule has 1 heterocycles. The van der Waals surface area contributed by atoms with Gasteiger partial charge in [-0.15, -0.1) is 11.3 Å². The summed E-state index contributed by atoms with van der Waals surface area (Å²) in [6.45, 7) is 4.07. The summed E-state index contributed by atoms with van der Waals surface area (Å²) in [5.41, 5.74) is 0.319. The highest BCUT2D eigenvalue weighted by Crippen LogP contribution is 2.27. The Bertz CT molecular complexity index is 679. The van der Waals surface area contributed by atoms with Gasteiger partial charge in [0.25, 0.3) is 0 Å². The molecule has 1 aromatic heterocycles. The van der Waals surface area contributed by atoms with Crippen LogP contribution in [0.2, 0.25) is 0 Å². The van der Waals surface area contributed by atoms with E-state index in [9.17, 15) is 9.59 Å². The van der Waals surface area contributed by atoms with E-state index in [1.54, 1.807) is 7.11 Å². The van der Waals surface area contributed by atoms with Crippen LogP contribution in [0.1, 0.15) is 24.3 Å². The maximum Gasteiger partial charge on any atom is 0.239 e. The van der Waals surface area contributed by atoms with Crippen molar-refractivity contribution in [1.82, 2.24) is 10.6 Å². The van der Waals surface area contributed by atoms with E-state index < -0.39 is 5.41 Å². The molecule has 0 unspecified atom stereocenters. The number of ether oxygens (including phenoxy) is 1. The summed E-state index contributed by atoms with van der Waals surface area (Å²) in [4.78, 5) is 25.2. The molecule has 24 heavy (non-hydrogen) atoms. The van der Waals surface area contributed by atoms with Gasteiger partial charge in [-0.3, -0.25) is 9.59 Å². The van der Waals surface area contributed by atoms with Crippen molar-refractivity contribution in [2.45, 2.75) is 25.8 Å². The number of methoxy groups -OCH3 is 1. The highest BCUT2D eigenvalue weighted by atomic mass is 32.1. The van der Waals surface area contributed by atoms with Gasteiger partial charge in [0.15, 0.2) is 0 Å². The summed E-state index contributed by atoms with van der Waals surface area (Å²) in [6.07, 6.45) is 0. The van der Waals surface area contributed by atoms with Crippen molar-refractivity contribution in [3.63, 3.8) is 0 Å². The number of rotatable bonds is 7. The molecule has 0 radical (unpaired) electrons. The first-order chi connectivity index (χ1) is 11.4. The number of amides is 2. The van der Waals surface area contributed by atoms with E-state index >= 15 is 0 Å². The number of carbonyl (C=O) groups is 2. The first-order valence-electron chi connectivity index (χ1n) is 7.65. The Kier molecular flexibility index (Phi) is 5.98. The van der Waals surface area contributed by atoms with E-state index in [0.717, 1.165) is 16.2 Å². The van der Waals surface area contributed by atoms with Gasteiger partial charge in [-0.2, -0.15) is 0 Å². The Morgan fingerprint density at radius 2 is 1.83 bits per heavy atom. The van der Waals surface area contributed by atoms with Crippen LogP contribution in [0, 0.1) is 0 Å². The molecule has 0 saturated carbocycles. The lowest BCUT2D eigenvalue weighted by Gasteiger charge is -2.22. The Labute approximate surface area is 146 Å². The molecule has 0 fully saturated rings. The largest absolute Gasteiger partial charge is 0.497 e. The fourth-order valence-corrected chi connectivity index (χ4v) is 2.98. The standard InChI is InChI=1S/C18H22N2O3S/c1-18(2,15-5-4-10-24-15)17(22)20-12-16(21)19-11-13-6-8-14(23-3)9-7-13/h4-10H,11-12H2,1-3H3,(H,19,21)(H,20,22). The molecule has 0 bridgehead atoms. The van der Waals surface area contributed by atoms with E-state index in [1.807, 2.05) is 55.6 Å². The average Bonchev–Trinajstić information content (AvgIpc) is 3.13. The van der Waals surface area contributed by atoms with Crippen molar-refractivity contribution in [1.29, 1.82) is 0 Å². The lowest BCUT2D eigenvalue weighted by Crippen LogP contribution is -2.44. The van der Waals surface area contributed by atoms with Crippen LogP contribution >= 0.6 is 11.3 Å². The fourth-order valence-electron chi connectivity index (χ4n) is 2.13. The monoisotopic (exact) mass is 346 g/mol. The van der Waals surface area contributed by atoms with Gasteiger partial charge in [0, 0.05) is 11.4 Å². The first kappa shape index (κ1) is 18.0. The SMILES string of the molecule is COc1ccc(CNC(=O)CNC(=O)C(C)(C)c2cccs2)cc1. The van der Waals surface area contributed by atoms with Crippen LogP contribution < -0.4 is 15.4 Å². The Balaban J connectivity index is 1.79. The molecule has 5 nitrogen and oxygen atoms in total. The normalized spacial score (nSPS) is 11.0. The smallest absolute Gasteiger partial charge is 0.239 e. The van der Waals surface area contributed by atoms with Crippen molar-refractivity contribution in [3.8, 4) is 5.75 Å². The van der Waals surface area contributed by atoms with Gasteiger partial charge in [-0.1, -0.05) is 18.2 Å². The van der Waals surface area contributed by atoms with Gasteiger partial charge in [-0.05, 0) is 43.0 Å². The molecule has 2 amide bonds. The van der Waals surface area contributed by atoms with Crippen molar-refractivity contribution in [2.24, 2.45) is 0 Å². The van der Waals surface area contributed by atoms with Crippen LogP contribution in [0.4, 0.5) is 0 Å². The molecule has 0 aliphatic rings. The Hall–Kier alpha value is -2.34. The lowest BCUT2D eigenvalue weighted by molar-refractivity contribution is -0.129. The minimum atomic E-state index is -0.648. The zero-order chi connectivity index (χ0) is 17.6. The Morgan fingerprint density at radius 1 is 1.12 bits per heavy atom. The van der Waals surface area contributed by atoms with Crippen molar-refractivity contribution < 1.29 is 14.3 Å². The van der Waals surface area contributed by atoms with E-state index in [1.165, 1.54) is 11.3 Å². The van der Waals surface area contributed by atoms with Crippen LogP contribution in [-0.2, 0) is 21.5 Å². The molecule has 1 aromatic carbocycles. The number of thiophene rings is 1. The first-order valence-corrected chi connectivity index (χ1v) is 8.53. The van der Waals surface area contributed by atoms with Crippen molar-refractivity contribution in [3.05, 3.63) is 52.2 Å². The van der Waals surface area contributed by atoms with Gasteiger partial charge in [-0.25, -0.2) is 0 Å². The Morgan fingerprint density at radius 3 is 2.42 bits per heavy atom. The summed E-state index contributed by atoms with van der Waals surface area (Å²) in [7, 11) is 1.61. The third-order valence-electron chi connectivity index (χ3n) is 3.76. The minimum Gasteiger partial charge on any atom is -0.497 e. The van der Waals surface area contributed by atoms with Crippen LogP contribution in [0.5, 0.6) is 5.75 Å². The molecular weight excluding hydrogens is 324 g/mol. The van der Waals surface area contributed by atoms with E-state index in [0.29, 0.717) is 6.54 Å². The van der Waals surface area contributed by atoms with Gasteiger partial charge in [0.1, 0.15) is 5.75 Å². The molecule has 128 valence electrons.